The number of nitrogens with one attached hydrogen (secondary N) is 1. The lowest BCUT2D eigenvalue weighted by Crippen LogP contribution is -2.26. The highest BCUT2D eigenvalue weighted by atomic mass is 79.9. The first-order valence-electron chi connectivity index (χ1n) is 7.10. The van der Waals surface area contributed by atoms with E-state index in [4.69, 9.17) is 0 Å². The molecule has 4 heteroatoms. The lowest BCUT2D eigenvalue weighted by molar-refractivity contribution is 0.0953. The molecule has 0 saturated heterocycles. The predicted molar refractivity (Wildman–Crippen MR) is 84.8 cm³/mol. The highest BCUT2D eigenvalue weighted by molar-refractivity contribution is 9.11. The van der Waals surface area contributed by atoms with Gasteiger partial charge < -0.3 is 5.32 Å². The van der Waals surface area contributed by atoms with Crippen LogP contribution in [-0.2, 0) is 0 Å². The minimum Gasteiger partial charge on any atom is -0.351 e. The Bertz CT molecular complexity index is 416. The van der Waals surface area contributed by atoms with Crippen molar-refractivity contribution in [2.45, 2.75) is 46.0 Å². The van der Waals surface area contributed by atoms with Gasteiger partial charge in [0.25, 0.3) is 5.91 Å². The Morgan fingerprint density at radius 1 is 1.42 bits per heavy atom. The van der Waals surface area contributed by atoms with Crippen molar-refractivity contribution in [2.75, 3.05) is 6.54 Å². The summed E-state index contributed by atoms with van der Waals surface area (Å²) in [6, 6.07) is 1.95. The van der Waals surface area contributed by atoms with Gasteiger partial charge in [0.05, 0.1) is 8.66 Å². The zero-order valence-corrected chi connectivity index (χ0v) is 14.1. The standard InChI is InChI=1S/C15H22BrNOS/c1-10-3-5-12(6-4-10)7-8-17-15(18)13-9-11(2)14(16)19-13/h9-10,12H,3-8H2,1-2H3,(H,17,18). The first-order valence-corrected chi connectivity index (χ1v) is 8.71. The van der Waals surface area contributed by atoms with Crippen molar-refractivity contribution in [1.29, 1.82) is 0 Å². The topological polar surface area (TPSA) is 29.1 Å². The normalized spacial score (nSPS) is 23.3. The van der Waals surface area contributed by atoms with Crippen molar-refractivity contribution in [3.63, 3.8) is 0 Å². The fraction of sp³-hybridized carbons (Fsp3) is 0.667. The molecule has 19 heavy (non-hydrogen) atoms. The molecule has 2 rings (SSSR count). The second-order valence-electron chi connectivity index (χ2n) is 5.74. The summed E-state index contributed by atoms with van der Waals surface area (Å²) in [5.74, 6) is 1.79. The molecule has 0 radical (unpaired) electrons. The Morgan fingerprint density at radius 3 is 2.68 bits per heavy atom. The maximum Gasteiger partial charge on any atom is 0.261 e. The number of halogens is 1. The maximum absolute atomic E-state index is 12.0. The lowest BCUT2D eigenvalue weighted by atomic mass is 9.81. The van der Waals surface area contributed by atoms with E-state index in [-0.39, 0.29) is 5.91 Å². The number of aryl methyl sites for hydroxylation is 1. The number of hydrogen-bond acceptors (Lipinski definition) is 2. The van der Waals surface area contributed by atoms with Crippen LogP contribution in [0.4, 0.5) is 0 Å². The molecule has 1 aromatic rings. The van der Waals surface area contributed by atoms with Crippen LogP contribution < -0.4 is 5.32 Å². The molecule has 1 N–H and O–H groups in total. The molecule has 2 nitrogen and oxygen atoms in total. The molecule has 0 aromatic carbocycles. The number of carbonyl (C=O) groups is 1. The quantitative estimate of drug-likeness (QED) is 0.838. The molecule has 0 spiro atoms. The average molecular weight is 344 g/mol. The molecule has 1 amide bonds. The minimum absolute atomic E-state index is 0.0722. The van der Waals surface area contributed by atoms with Crippen LogP contribution in [0, 0.1) is 18.8 Å². The summed E-state index contributed by atoms with van der Waals surface area (Å²) in [6.07, 6.45) is 6.51. The van der Waals surface area contributed by atoms with E-state index >= 15 is 0 Å². The third-order valence-electron chi connectivity index (χ3n) is 4.05. The van der Waals surface area contributed by atoms with Gasteiger partial charge in [0.15, 0.2) is 0 Å². The number of amides is 1. The van der Waals surface area contributed by atoms with Gasteiger partial charge in [-0.05, 0) is 52.7 Å². The maximum atomic E-state index is 12.0. The summed E-state index contributed by atoms with van der Waals surface area (Å²) in [5.41, 5.74) is 1.14. The van der Waals surface area contributed by atoms with Crippen molar-refractivity contribution in [3.05, 3.63) is 20.3 Å². The molecule has 1 fully saturated rings. The lowest BCUT2D eigenvalue weighted by Gasteiger charge is -2.26. The van der Waals surface area contributed by atoms with Crippen molar-refractivity contribution >= 4 is 33.2 Å². The molecular formula is C15H22BrNOS. The van der Waals surface area contributed by atoms with Crippen LogP contribution in [0.3, 0.4) is 0 Å². The van der Waals surface area contributed by atoms with Crippen LogP contribution in [0.5, 0.6) is 0 Å². The smallest absolute Gasteiger partial charge is 0.261 e. The highest BCUT2D eigenvalue weighted by Crippen LogP contribution is 2.30. The summed E-state index contributed by atoms with van der Waals surface area (Å²) in [4.78, 5) is 12.8. The van der Waals surface area contributed by atoms with Gasteiger partial charge in [-0.3, -0.25) is 4.79 Å². The fourth-order valence-electron chi connectivity index (χ4n) is 2.67. The van der Waals surface area contributed by atoms with Crippen LogP contribution in [0.25, 0.3) is 0 Å². The number of hydrogen-bond donors (Lipinski definition) is 1. The van der Waals surface area contributed by atoms with Crippen molar-refractivity contribution < 1.29 is 4.79 Å². The van der Waals surface area contributed by atoms with Crippen LogP contribution in [0.15, 0.2) is 9.85 Å². The summed E-state index contributed by atoms with van der Waals surface area (Å²) in [6.45, 7) is 5.17. The Morgan fingerprint density at radius 2 is 2.11 bits per heavy atom. The van der Waals surface area contributed by atoms with E-state index in [2.05, 4.69) is 28.2 Å². The minimum atomic E-state index is 0.0722. The van der Waals surface area contributed by atoms with Crippen molar-refractivity contribution in [2.24, 2.45) is 11.8 Å². The van der Waals surface area contributed by atoms with Gasteiger partial charge in [0.1, 0.15) is 0 Å². The van der Waals surface area contributed by atoms with Gasteiger partial charge in [-0.25, -0.2) is 0 Å². The number of thiophene rings is 1. The van der Waals surface area contributed by atoms with Crippen molar-refractivity contribution in [1.82, 2.24) is 5.32 Å². The third kappa shape index (κ3) is 4.32. The van der Waals surface area contributed by atoms with Gasteiger partial charge in [-0.2, -0.15) is 0 Å². The molecule has 1 aliphatic carbocycles. The van der Waals surface area contributed by atoms with E-state index in [9.17, 15) is 4.79 Å². The summed E-state index contributed by atoms with van der Waals surface area (Å²) >= 11 is 4.97. The number of rotatable bonds is 4. The van der Waals surface area contributed by atoms with E-state index in [0.29, 0.717) is 0 Å². The molecule has 106 valence electrons. The van der Waals surface area contributed by atoms with E-state index in [1.807, 2.05) is 13.0 Å². The Kier molecular flexibility index (Phi) is 5.46. The average Bonchev–Trinajstić information content (AvgIpc) is 2.72. The first kappa shape index (κ1) is 15.0. The third-order valence-corrected chi connectivity index (χ3v) is 6.19. The Hall–Kier alpha value is -0.350. The molecule has 1 aromatic heterocycles. The van der Waals surface area contributed by atoms with E-state index in [0.717, 1.165) is 39.0 Å². The van der Waals surface area contributed by atoms with Gasteiger partial charge in [-0.15, -0.1) is 11.3 Å². The molecule has 0 unspecified atom stereocenters. The molecule has 1 aliphatic rings. The zero-order chi connectivity index (χ0) is 13.8. The molecule has 1 saturated carbocycles. The largest absolute Gasteiger partial charge is 0.351 e. The van der Waals surface area contributed by atoms with Crippen LogP contribution in [-0.4, -0.2) is 12.5 Å². The molecule has 1 heterocycles. The summed E-state index contributed by atoms with van der Waals surface area (Å²) in [5, 5.41) is 3.05. The molecular weight excluding hydrogens is 322 g/mol. The summed E-state index contributed by atoms with van der Waals surface area (Å²) < 4.78 is 1.05. The predicted octanol–water partition coefficient (Wildman–Crippen LogP) is 4.77. The van der Waals surface area contributed by atoms with E-state index < -0.39 is 0 Å². The Labute approximate surface area is 128 Å². The van der Waals surface area contributed by atoms with Crippen LogP contribution in [0.2, 0.25) is 0 Å². The van der Waals surface area contributed by atoms with Crippen LogP contribution >= 0.6 is 27.3 Å². The fourth-order valence-corrected chi connectivity index (χ4v) is 4.12. The SMILES string of the molecule is Cc1cc(C(=O)NCCC2CCC(C)CC2)sc1Br. The molecule has 0 aliphatic heterocycles. The monoisotopic (exact) mass is 343 g/mol. The molecule has 0 bridgehead atoms. The second kappa shape index (κ2) is 6.89. The Balaban J connectivity index is 1.72. The zero-order valence-electron chi connectivity index (χ0n) is 11.7. The van der Waals surface area contributed by atoms with Crippen molar-refractivity contribution in [3.8, 4) is 0 Å². The first-order chi connectivity index (χ1) is 9.06. The van der Waals surface area contributed by atoms with Gasteiger partial charge in [0.2, 0.25) is 0 Å². The number of carbonyl (C=O) groups excluding carboxylic acids is 1. The van der Waals surface area contributed by atoms with Crippen LogP contribution in [0.1, 0.15) is 54.3 Å². The van der Waals surface area contributed by atoms with E-state index in [1.54, 1.807) is 0 Å². The van der Waals surface area contributed by atoms with E-state index in [1.165, 1.54) is 37.0 Å². The second-order valence-corrected chi connectivity index (χ2v) is 8.11. The highest BCUT2D eigenvalue weighted by Gasteiger charge is 2.18. The molecule has 0 atom stereocenters. The van der Waals surface area contributed by atoms with Gasteiger partial charge >= 0.3 is 0 Å². The van der Waals surface area contributed by atoms with Gasteiger partial charge in [-0.1, -0.05) is 32.6 Å². The summed E-state index contributed by atoms with van der Waals surface area (Å²) in [7, 11) is 0. The van der Waals surface area contributed by atoms with Gasteiger partial charge in [0, 0.05) is 6.54 Å².